The third kappa shape index (κ3) is 4.75. The average molecular weight is 323 g/mol. The molecule has 0 saturated heterocycles. The molecule has 0 aliphatic heterocycles. The molecule has 3 rings (SSSR count). The van der Waals surface area contributed by atoms with Crippen LogP contribution in [0.15, 0.2) is 48.5 Å². The van der Waals surface area contributed by atoms with Gasteiger partial charge in [0, 0.05) is 23.1 Å². The van der Waals surface area contributed by atoms with Crippen LogP contribution in [-0.2, 0) is 0 Å². The van der Waals surface area contributed by atoms with E-state index in [-0.39, 0.29) is 6.03 Å². The zero-order chi connectivity index (χ0) is 16.8. The summed E-state index contributed by atoms with van der Waals surface area (Å²) in [4.78, 5) is 12.1. The first kappa shape index (κ1) is 16.4. The number of hydrogen-bond donors (Lipinski definition) is 3. The molecule has 0 atom stereocenters. The number of urea groups is 1. The Balaban J connectivity index is 1.52. The molecule has 2 amide bonds. The van der Waals surface area contributed by atoms with E-state index in [1.165, 1.54) is 24.8 Å². The molecule has 0 aromatic heterocycles. The zero-order valence-corrected chi connectivity index (χ0v) is 14.1. The molecule has 2 aromatic rings. The molecule has 126 valence electrons. The van der Waals surface area contributed by atoms with Crippen LogP contribution in [0.5, 0.6) is 0 Å². The van der Waals surface area contributed by atoms with Crippen LogP contribution in [0.2, 0.25) is 0 Å². The van der Waals surface area contributed by atoms with Crippen molar-refractivity contribution in [1.29, 1.82) is 0 Å². The van der Waals surface area contributed by atoms with Gasteiger partial charge in [-0.3, -0.25) is 0 Å². The maximum atomic E-state index is 12.1. The fraction of sp³-hybridized carbons (Fsp3) is 0.350. The summed E-state index contributed by atoms with van der Waals surface area (Å²) >= 11 is 0. The summed E-state index contributed by atoms with van der Waals surface area (Å²) in [6, 6.07) is 16.2. The van der Waals surface area contributed by atoms with Gasteiger partial charge in [-0.2, -0.15) is 0 Å². The summed E-state index contributed by atoms with van der Waals surface area (Å²) in [6.45, 7) is 2.07. The number of nitrogens with one attached hydrogen (secondary N) is 3. The molecule has 1 saturated carbocycles. The SMILES string of the molecule is Cc1ccc(Nc2ccc(NC(=O)NC3CCCCC3)cc2)cc1. The Labute approximate surface area is 143 Å². The van der Waals surface area contributed by atoms with Crippen molar-refractivity contribution >= 4 is 23.1 Å². The first-order chi connectivity index (χ1) is 11.7. The summed E-state index contributed by atoms with van der Waals surface area (Å²) in [7, 11) is 0. The lowest BCUT2D eigenvalue weighted by Gasteiger charge is -2.22. The van der Waals surface area contributed by atoms with E-state index in [4.69, 9.17) is 0 Å². The first-order valence-corrected chi connectivity index (χ1v) is 8.70. The van der Waals surface area contributed by atoms with Gasteiger partial charge in [-0.1, -0.05) is 37.0 Å². The minimum Gasteiger partial charge on any atom is -0.356 e. The largest absolute Gasteiger partial charge is 0.356 e. The lowest BCUT2D eigenvalue weighted by molar-refractivity contribution is 0.244. The summed E-state index contributed by atoms with van der Waals surface area (Å²) < 4.78 is 0. The second kappa shape index (κ2) is 7.86. The lowest BCUT2D eigenvalue weighted by Crippen LogP contribution is -2.38. The third-order valence-corrected chi connectivity index (χ3v) is 4.42. The van der Waals surface area contributed by atoms with Crippen LogP contribution in [-0.4, -0.2) is 12.1 Å². The Kier molecular flexibility index (Phi) is 5.36. The lowest BCUT2D eigenvalue weighted by atomic mass is 9.96. The number of hydrogen-bond acceptors (Lipinski definition) is 2. The molecule has 0 unspecified atom stereocenters. The Hall–Kier alpha value is -2.49. The summed E-state index contributed by atoms with van der Waals surface area (Å²) in [5.74, 6) is 0. The monoisotopic (exact) mass is 323 g/mol. The van der Waals surface area contributed by atoms with Crippen LogP contribution in [0.25, 0.3) is 0 Å². The molecule has 0 bridgehead atoms. The Morgan fingerprint density at radius 1 is 0.833 bits per heavy atom. The highest BCUT2D eigenvalue weighted by molar-refractivity contribution is 5.89. The number of amides is 2. The van der Waals surface area contributed by atoms with E-state index >= 15 is 0 Å². The number of carbonyl (C=O) groups excluding carboxylic acids is 1. The minimum atomic E-state index is -0.110. The third-order valence-electron chi connectivity index (χ3n) is 4.42. The quantitative estimate of drug-likeness (QED) is 0.725. The summed E-state index contributed by atoms with van der Waals surface area (Å²) in [5.41, 5.74) is 4.09. The van der Waals surface area contributed by atoms with E-state index in [9.17, 15) is 4.79 Å². The highest BCUT2D eigenvalue weighted by Gasteiger charge is 2.15. The normalized spacial score (nSPS) is 14.9. The summed E-state index contributed by atoms with van der Waals surface area (Å²) in [6.07, 6.45) is 5.89. The van der Waals surface area contributed by atoms with Crippen molar-refractivity contribution in [1.82, 2.24) is 5.32 Å². The molecule has 0 spiro atoms. The van der Waals surface area contributed by atoms with Crippen LogP contribution >= 0.6 is 0 Å². The van der Waals surface area contributed by atoms with Crippen molar-refractivity contribution < 1.29 is 4.79 Å². The van der Waals surface area contributed by atoms with Crippen LogP contribution < -0.4 is 16.0 Å². The number of aryl methyl sites for hydroxylation is 1. The maximum absolute atomic E-state index is 12.1. The highest BCUT2D eigenvalue weighted by Crippen LogP contribution is 2.20. The zero-order valence-electron chi connectivity index (χ0n) is 14.1. The Bertz CT molecular complexity index is 658. The fourth-order valence-electron chi connectivity index (χ4n) is 3.04. The summed E-state index contributed by atoms with van der Waals surface area (Å²) in [5, 5.41) is 9.32. The number of benzene rings is 2. The van der Waals surface area contributed by atoms with Gasteiger partial charge in [0.25, 0.3) is 0 Å². The fourth-order valence-corrected chi connectivity index (χ4v) is 3.04. The van der Waals surface area contributed by atoms with Gasteiger partial charge in [0.15, 0.2) is 0 Å². The van der Waals surface area contributed by atoms with Gasteiger partial charge in [-0.15, -0.1) is 0 Å². The molecule has 4 nitrogen and oxygen atoms in total. The molecule has 1 aliphatic carbocycles. The van der Waals surface area contributed by atoms with Crippen LogP contribution in [0.4, 0.5) is 21.9 Å². The standard InChI is InChI=1S/C20H25N3O/c1-15-7-9-17(10-8-15)21-18-11-13-19(14-12-18)23-20(24)22-16-5-3-2-4-6-16/h7-14,16,21H,2-6H2,1H3,(H2,22,23,24). The van der Waals surface area contributed by atoms with Crippen molar-refractivity contribution in [3.63, 3.8) is 0 Å². The van der Waals surface area contributed by atoms with E-state index in [0.717, 1.165) is 29.9 Å². The molecule has 1 aliphatic rings. The van der Waals surface area contributed by atoms with Crippen LogP contribution in [0.1, 0.15) is 37.7 Å². The number of carbonyl (C=O) groups is 1. The molecule has 0 radical (unpaired) electrons. The van der Waals surface area contributed by atoms with Gasteiger partial charge < -0.3 is 16.0 Å². The van der Waals surface area contributed by atoms with Gasteiger partial charge in [0.1, 0.15) is 0 Å². The minimum absolute atomic E-state index is 0.110. The van der Waals surface area contributed by atoms with Crippen molar-refractivity contribution in [2.45, 2.75) is 45.1 Å². The molecular weight excluding hydrogens is 298 g/mol. The first-order valence-electron chi connectivity index (χ1n) is 8.70. The second-order valence-electron chi connectivity index (χ2n) is 6.50. The molecule has 1 fully saturated rings. The van der Waals surface area contributed by atoms with E-state index in [2.05, 4.69) is 47.1 Å². The Morgan fingerprint density at radius 3 is 2.00 bits per heavy atom. The van der Waals surface area contributed by atoms with Crippen molar-refractivity contribution in [2.75, 3.05) is 10.6 Å². The molecule has 3 N–H and O–H groups in total. The van der Waals surface area contributed by atoms with Crippen LogP contribution in [0.3, 0.4) is 0 Å². The van der Waals surface area contributed by atoms with E-state index < -0.39 is 0 Å². The highest BCUT2D eigenvalue weighted by atomic mass is 16.2. The van der Waals surface area contributed by atoms with Gasteiger partial charge in [0.05, 0.1) is 0 Å². The van der Waals surface area contributed by atoms with Crippen LogP contribution in [0, 0.1) is 6.92 Å². The van der Waals surface area contributed by atoms with Gasteiger partial charge in [0.2, 0.25) is 0 Å². The smallest absolute Gasteiger partial charge is 0.319 e. The second-order valence-corrected chi connectivity index (χ2v) is 6.50. The maximum Gasteiger partial charge on any atom is 0.319 e. The van der Waals surface area contributed by atoms with E-state index in [1.54, 1.807) is 0 Å². The molecule has 24 heavy (non-hydrogen) atoms. The number of rotatable bonds is 4. The molecular formula is C20H25N3O. The average Bonchev–Trinajstić information content (AvgIpc) is 2.59. The van der Waals surface area contributed by atoms with E-state index in [1.807, 2.05) is 24.3 Å². The molecule has 2 aromatic carbocycles. The van der Waals surface area contributed by atoms with Crippen molar-refractivity contribution in [3.05, 3.63) is 54.1 Å². The number of anilines is 3. The van der Waals surface area contributed by atoms with Gasteiger partial charge in [-0.25, -0.2) is 4.79 Å². The molecule has 0 heterocycles. The van der Waals surface area contributed by atoms with E-state index in [0.29, 0.717) is 6.04 Å². The Morgan fingerprint density at radius 2 is 1.38 bits per heavy atom. The van der Waals surface area contributed by atoms with Crippen molar-refractivity contribution in [3.8, 4) is 0 Å². The topological polar surface area (TPSA) is 53.2 Å². The molecule has 4 heteroatoms. The van der Waals surface area contributed by atoms with Gasteiger partial charge in [-0.05, 0) is 56.2 Å². The predicted molar refractivity (Wildman–Crippen MR) is 99.9 cm³/mol. The van der Waals surface area contributed by atoms with Gasteiger partial charge >= 0.3 is 6.03 Å². The predicted octanol–water partition coefficient (Wildman–Crippen LogP) is 5.19. The van der Waals surface area contributed by atoms with Crippen molar-refractivity contribution in [2.24, 2.45) is 0 Å².